The molecule has 1 rings (SSSR count). The molecule has 18 heavy (non-hydrogen) atoms. The first-order valence-corrected chi connectivity index (χ1v) is 6.03. The zero-order valence-corrected chi connectivity index (χ0v) is 11.4. The molecular weight excluding hydrogens is 275 g/mol. The quantitative estimate of drug-likeness (QED) is 0.791. The lowest BCUT2D eigenvalue weighted by Crippen LogP contribution is -2.12. The second kappa shape index (κ2) is 7.26. The lowest BCUT2D eigenvalue weighted by molar-refractivity contribution is -0.117. The molecular formula is C12H14Cl2N2O2. The number of hydrogen-bond acceptors (Lipinski definition) is 3. The Kier molecular flexibility index (Phi) is 5.98. The van der Waals surface area contributed by atoms with Gasteiger partial charge in [0.25, 0.3) is 0 Å². The van der Waals surface area contributed by atoms with Crippen molar-refractivity contribution in [3.05, 3.63) is 39.9 Å². The van der Waals surface area contributed by atoms with Crippen molar-refractivity contribution in [2.24, 2.45) is 5.73 Å². The number of nitrogens with one attached hydrogen (secondary N) is 1. The third-order valence-corrected chi connectivity index (χ3v) is 2.92. The van der Waals surface area contributed by atoms with E-state index in [1.807, 2.05) is 6.08 Å². The molecule has 4 nitrogen and oxygen atoms in total. The van der Waals surface area contributed by atoms with Crippen LogP contribution < -0.4 is 11.2 Å². The van der Waals surface area contributed by atoms with Crippen molar-refractivity contribution in [2.45, 2.75) is 12.8 Å². The van der Waals surface area contributed by atoms with E-state index in [4.69, 9.17) is 33.8 Å². The first-order valence-electron chi connectivity index (χ1n) is 5.27. The van der Waals surface area contributed by atoms with E-state index in [1.54, 1.807) is 18.2 Å². The Balaban J connectivity index is 2.89. The van der Waals surface area contributed by atoms with E-state index >= 15 is 0 Å². The Labute approximate surface area is 116 Å². The lowest BCUT2D eigenvalue weighted by Gasteiger charge is -2.10. The minimum absolute atomic E-state index is 0.274. The number of primary amides is 1. The molecule has 0 saturated carbocycles. The standard InChI is InChI=1S/C12H14Cl2N2O2/c1-18-16-11(3-2-4-12(15)17)8-5-6-9(13)10(14)7-8/h3,5-7,16H,2,4H2,1H3,(H2,15,17). The summed E-state index contributed by atoms with van der Waals surface area (Å²) in [6.07, 6.45) is 2.60. The number of amides is 1. The van der Waals surface area contributed by atoms with Crippen molar-refractivity contribution in [2.75, 3.05) is 7.11 Å². The van der Waals surface area contributed by atoms with Gasteiger partial charge in [-0.2, -0.15) is 0 Å². The highest BCUT2D eigenvalue weighted by molar-refractivity contribution is 6.42. The molecule has 0 unspecified atom stereocenters. The fourth-order valence-electron chi connectivity index (χ4n) is 1.35. The van der Waals surface area contributed by atoms with Gasteiger partial charge >= 0.3 is 0 Å². The molecule has 0 atom stereocenters. The molecule has 0 saturated heterocycles. The zero-order valence-electron chi connectivity index (χ0n) is 9.87. The second-order valence-electron chi connectivity index (χ2n) is 3.56. The molecule has 0 aromatic heterocycles. The summed E-state index contributed by atoms with van der Waals surface area (Å²) in [5.74, 6) is -0.350. The Morgan fingerprint density at radius 1 is 1.44 bits per heavy atom. The van der Waals surface area contributed by atoms with Gasteiger partial charge in [-0.05, 0) is 18.6 Å². The molecule has 1 amide bonds. The average Bonchev–Trinajstić information content (AvgIpc) is 2.31. The van der Waals surface area contributed by atoms with E-state index in [0.29, 0.717) is 22.2 Å². The largest absolute Gasteiger partial charge is 0.370 e. The Bertz CT molecular complexity index is 461. The maximum absolute atomic E-state index is 10.7. The second-order valence-corrected chi connectivity index (χ2v) is 4.37. The van der Waals surface area contributed by atoms with Gasteiger partial charge in [0.05, 0.1) is 22.9 Å². The van der Waals surface area contributed by atoms with Gasteiger partial charge in [-0.1, -0.05) is 35.3 Å². The monoisotopic (exact) mass is 288 g/mol. The first kappa shape index (κ1) is 14.8. The van der Waals surface area contributed by atoms with E-state index < -0.39 is 0 Å². The number of rotatable bonds is 6. The van der Waals surface area contributed by atoms with Crippen molar-refractivity contribution < 1.29 is 9.63 Å². The molecule has 0 radical (unpaired) electrons. The fraction of sp³-hybridized carbons (Fsp3) is 0.250. The van der Waals surface area contributed by atoms with Crippen LogP contribution in [0.25, 0.3) is 5.70 Å². The third kappa shape index (κ3) is 4.56. The highest BCUT2D eigenvalue weighted by Gasteiger charge is 2.05. The molecule has 0 fully saturated rings. The summed E-state index contributed by atoms with van der Waals surface area (Å²) in [7, 11) is 1.50. The Morgan fingerprint density at radius 2 is 2.17 bits per heavy atom. The maximum atomic E-state index is 10.7. The predicted molar refractivity (Wildman–Crippen MR) is 73.0 cm³/mol. The molecule has 0 aliphatic heterocycles. The summed E-state index contributed by atoms with van der Waals surface area (Å²) in [6, 6.07) is 5.21. The van der Waals surface area contributed by atoms with Crippen LogP contribution in [0.2, 0.25) is 10.0 Å². The molecule has 1 aromatic carbocycles. The summed E-state index contributed by atoms with van der Waals surface area (Å²) >= 11 is 11.8. The van der Waals surface area contributed by atoms with Gasteiger partial charge in [0.1, 0.15) is 0 Å². The van der Waals surface area contributed by atoms with Gasteiger partial charge in [0, 0.05) is 12.0 Å². The SMILES string of the molecule is CONC(=CCCC(N)=O)c1ccc(Cl)c(Cl)c1. The van der Waals surface area contributed by atoms with Crippen molar-refractivity contribution in [3.8, 4) is 0 Å². The number of carbonyl (C=O) groups is 1. The van der Waals surface area contributed by atoms with Gasteiger partial charge in [0.2, 0.25) is 5.91 Å². The van der Waals surface area contributed by atoms with Crippen molar-refractivity contribution >= 4 is 34.8 Å². The number of carbonyl (C=O) groups excluding carboxylic acids is 1. The van der Waals surface area contributed by atoms with Gasteiger partial charge in [-0.3, -0.25) is 15.1 Å². The Hall–Kier alpha value is -1.23. The van der Waals surface area contributed by atoms with Crippen molar-refractivity contribution in [1.82, 2.24) is 5.48 Å². The molecule has 0 spiro atoms. The van der Waals surface area contributed by atoms with Gasteiger partial charge in [-0.25, -0.2) is 0 Å². The fourth-order valence-corrected chi connectivity index (χ4v) is 1.65. The van der Waals surface area contributed by atoms with Crippen LogP contribution in [0.4, 0.5) is 0 Å². The lowest BCUT2D eigenvalue weighted by atomic mass is 10.1. The van der Waals surface area contributed by atoms with E-state index in [1.165, 1.54) is 7.11 Å². The molecule has 0 bridgehead atoms. The smallest absolute Gasteiger partial charge is 0.217 e. The average molecular weight is 289 g/mol. The van der Waals surface area contributed by atoms with E-state index in [-0.39, 0.29) is 12.3 Å². The summed E-state index contributed by atoms with van der Waals surface area (Å²) in [5.41, 5.74) is 9.32. The maximum Gasteiger partial charge on any atom is 0.217 e. The number of halogens is 2. The van der Waals surface area contributed by atoms with E-state index in [0.717, 1.165) is 5.56 Å². The predicted octanol–water partition coefficient (Wildman–Crippen LogP) is 2.75. The molecule has 1 aromatic rings. The van der Waals surface area contributed by atoms with Gasteiger partial charge < -0.3 is 5.73 Å². The highest BCUT2D eigenvalue weighted by Crippen LogP contribution is 2.25. The van der Waals surface area contributed by atoms with Crippen LogP contribution in [0.3, 0.4) is 0 Å². The van der Waals surface area contributed by atoms with E-state index in [9.17, 15) is 4.79 Å². The summed E-state index contributed by atoms with van der Waals surface area (Å²) < 4.78 is 0. The number of nitrogens with two attached hydrogens (primary N) is 1. The molecule has 0 aliphatic rings. The van der Waals surface area contributed by atoms with Crippen LogP contribution >= 0.6 is 23.2 Å². The topological polar surface area (TPSA) is 64.3 Å². The third-order valence-electron chi connectivity index (χ3n) is 2.18. The minimum Gasteiger partial charge on any atom is -0.370 e. The van der Waals surface area contributed by atoms with Gasteiger partial charge in [0.15, 0.2) is 0 Å². The number of allylic oxidation sites excluding steroid dienone is 1. The minimum atomic E-state index is -0.350. The summed E-state index contributed by atoms with van der Waals surface area (Å²) in [5, 5.41) is 0.933. The van der Waals surface area contributed by atoms with Crippen LogP contribution in [0.5, 0.6) is 0 Å². The molecule has 98 valence electrons. The number of hydrogen-bond donors (Lipinski definition) is 2. The summed E-state index contributed by atoms with van der Waals surface area (Å²) in [4.78, 5) is 15.6. The van der Waals surface area contributed by atoms with Crippen LogP contribution in [-0.4, -0.2) is 13.0 Å². The highest BCUT2D eigenvalue weighted by atomic mass is 35.5. The van der Waals surface area contributed by atoms with Crippen molar-refractivity contribution in [1.29, 1.82) is 0 Å². The van der Waals surface area contributed by atoms with E-state index in [2.05, 4.69) is 5.48 Å². The normalized spacial score (nSPS) is 11.4. The first-order chi connectivity index (χ1) is 8.54. The van der Waals surface area contributed by atoms with Crippen LogP contribution in [-0.2, 0) is 9.63 Å². The number of benzene rings is 1. The van der Waals surface area contributed by atoms with Crippen LogP contribution in [0.1, 0.15) is 18.4 Å². The van der Waals surface area contributed by atoms with Gasteiger partial charge in [-0.15, -0.1) is 0 Å². The molecule has 6 heteroatoms. The Morgan fingerprint density at radius 3 is 2.72 bits per heavy atom. The van der Waals surface area contributed by atoms with Crippen LogP contribution in [0, 0.1) is 0 Å². The summed E-state index contributed by atoms with van der Waals surface area (Å²) in [6.45, 7) is 0. The molecule has 3 N–H and O–H groups in total. The van der Waals surface area contributed by atoms with Crippen LogP contribution in [0.15, 0.2) is 24.3 Å². The molecule has 0 heterocycles. The zero-order chi connectivity index (χ0) is 13.5. The number of hydroxylamine groups is 1. The van der Waals surface area contributed by atoms with Crippen molar-refractivity contribution in [3.63, 3.8) is 0 Å². The molecule has 0 aliphatic carbocycles.